The van der Waals surface area contributed by atoms with Gasteiger partial charge in [0.15, 0.2) is 4.34 Å². The van der Waals surface area contributed by atoms with Crippen LogP contribution in [-0.2, 0) is 11.8 Å². The zero-order valence-electron chi connectivity index (χ0n) is 13.8. The summed E-state index contributed by atoms with van der Waals surface area (Å²) in [6, 6.07) is 9.52. The number of nitrogens with zero attached hydrogens (tertiary/aromatic N) is 4. The molecule has 0 aliphatic heterocycles. The van der Waals surface area contributed by atoms with Crippen LogP contribution in [0.2, 0.25) is 0 Å². The van der Waals surface area contributed by atoms with Crippen LogP contribution in [0.15, 0.2) is 47.1 Å². The highest BCUT2D eigenvalue weighted by atomic mass is 32.2. The Labute approximate surface area is 153 Å². The van der Waals surface area contributed by atoms with Gasteiger partial charge in [-0.25, -0.2) is 4.98 Å². The van der Waals surface area contributed by atoms with Crippen LogP contribution in [0.1, 0.15) is 17.4 Å². The molecule has 1 aromatic carbocycles. The molecule has 0 bridgehead atoms. The number of thioether (sulfide) groups is 1. The summed E-state index contributed by atoms with van der Waals surface area (Å²) in [6.45, 7) is 0. The van der Waals surface area contributed by atoms with E-state index in [0.29, 0.717) is 0 Å². The third-order valence-corrected chi connectivity index (χ3v) is 5.58. The van der Waals surface area contributed by atoms with Crippen LogP contribution in [0, 0.1) is 0 Å². The molecule has 0 radical (unpaired) electrons. The van der Waals surface area contributed by atoms with Gasteiger partial charge in [-0.2, -0.15) is 0 Å². The van der Waals surface area contributed by atoms with E-state index in [1.165, 1.54) is 23.1 Å². The smallest absolute Gasteiger partial charge is 0.231 e. The molecule has 1 atom stereocenters. The Hall–Kier alpha value is -2.39. The number of carbonyl (C=O) groups is 1. The Morgan fingerprint density at radius 2 is 2.12 bits per heavy atom. The number of aryl methyl sites for hydroxylation is 1. The maximum Gasteiger partial charge on any atom is 0.231 e. The molecule has 0 saturated carbocycles. The summed E-state index contributed by atoms with van der Waals surface area (Å²) in [5.74, 6) is 0.979. The van der Waals surface area contributed by atoms with Gasteiger partial charge in [-0.15, -0.1) is 10.2 Å². The van der Waals surface area contributed by atoms with E-state index < -0.39 is 0 Å². The van der Waals surface area contributed by atoms with Gasteiger partial charge in [0.05, 0.1) is 5.75 Å². The first-order valence-corrected chi connectivity index (χ1v) is 9.43. The number of hydrogen-bond acceptors (Lipinski definition) is 7. The number of benzene rings is 1. The van der Waals surface area contributed by atoms with Crippen molar-refractivity contribution in [3.05, 3.63) is 54.1 Å². The Kier molecular flexibility index (Phi) is 5.67. The van der Waals surface area contributed by atoms with E-state index in [4.69, 9.17) is 0 Å². The Balaban J connectivity index is 1.69. The number of nitrogens with one attached hydrogen (secondary N) is 2. The molecule has 0 saturated heterocycles. The van der Waals surface area contributed by atoms with Crippen molar-refractivity contribution in [2.45, 2.75) is 10.4 Å². The van der Waals surface area contributed by atoms with Crippen molar-refractivity contribution in [2.75, 3.05) is 18.1 Å². The lowest BCUT2D eigenvalue weighted by atomic mass is 10.1. The fourth-order valence-electron chi connectivity index (χ4n) is 2.30. The van der Waals surface area contributed by atoms with Gasteiger partial charge in [-0.3, -0.25) is 4.79 Å². The highest BCUT2D eigenvalue weighted by molar-refractivity contribution is 8.01. The highest BCUT2D eigenvalue weighted by Gasteiger charge is 2.20. The van der Waals surface area contributed by atoms with Crippen molar-refractivity contribution in [2.24, 2.45) is 7.05 Å². The molecular weight excluding hydrogens is 356 g/mol. The molecule has 25 heavy (non-hydrogen) atoms. The largest absolute Gasteiger partial charge is 0.363 e. The van der Waals surface area contributed by atoms with E-state index in [1.54, 1.807) is 13.2 Å². The lowest BCUT2D eigenvalue weighted by Gasteiger charge is -2.19. The lowest BCUT2D eigenvalue weighted by Crippen LogP contribution is -2.32. The second-order valence-corrected chi connectivity index (χ2v) is 7.42. The zero-order chi connectivity index (χ0) is 17.6. The first kappa shape index (κ1) is 17.4. The fraction of sp³-hybridized carbons (Fsp3) is 0.250. The predicted octanol–water partition coefficient (Wildman–Crippen LogP) is 2.31. The Bertz CT molecular complexity index is 832. The van der Waals surface area contributed by atoms with Gasteiger partial charge in [0.2, 0.25) is 11.0 Å². The van der Waals surface area contributed by atoms with Gasteiger partial charge < -0.3 is 15.2 Å². The molecule has 7 nitrogen and oxygen atoms in total. The van der Waals surface area contributed by atoms with Gasteiger partial charge in [0.25, 0.3) is 0 Å². The van der Waals surface area contributed by atoms with Gasteiger partial charge in [0.1, 0.15) is 11.9 Å². The normalized spacial score (nSPS) is 11.9. The summed E-state index contributed by atoms with van der Waals surface area (Å²) >= 11 is 2.79. The van der Waals surface area contributed by atoms with Crippen LogP contribution in [-0.4, -0.2) is 38.5 Å². The number of carbonyl (C=O) groups excluding carboxylic acids is 1. The number of hydrogen-bond donors (Lipinski definition) is 2. The molecule has 0 fully saturated rings. The molecule has 0 aliphatic rings. The maximum atomic E-state index is 12.5. The third kappa shape index (κ3) is 4.37. The summed E-state index contributed by atoms with van der Waals surface area (Å²) in [7, 11) is 3.71. The van der Waals surface area contributed by atoms with Crippen molar-refractivity contribution in [1.82, 2.24) is 25.1 Å². The van der Waals surface area contributed by atoms with Crippen LogP contribution >= 0.6 is 23.1 Å². The molecule has 0 unspecified atom stereocenters. The zero-order valence-corrected chi connectivity index (χ0v) is 15.5. The van der Waals surface area contributed by atoms with Crippen molar-refractivity contribution in [3.63, 3.8) is 0 Å². The quantitative estimate of drug-likeness (QED) is 0.618. The van der Waals surface area contributed by atoms with Crippen molar-refractivity contribution >= 4 is 34.1 Å². The second kappa shape index (κ2) is 8.13. The van der Waals surface area contributed by atoms with Crippen molar-refractivity contribution in [3.8, 4) is 0 Å². The SMILES string of the molecule is CNc1nnc(SCC(=O)N[C@@H](c2ccccc2)c2nccn2C)s1. The minimum atomic E-state index is -0.295. The van der Waals surface area contributed by atoms with Crippen LogP contribution in [0.5, 0.6) is 0 Å². The molecule has 130 valence electrons. The summed E-state index contributed by atoms with van der Waals surface area (Å²) in [5.41, 5.74) is 0.989. The van der Waals surface area contributed by atoms with Crippen molar-refractivity contribution < 1.29 is 4.79 Å². The molecule has 0 aliphatic carbocycles. The van der Waals surface area contributed by atoms with Crippen LogP contribution in [0.25, 0.3) is 0 Å². The van der Waals surface area contributed by atoms with E-state index in [2.05, 4.69) is 25.8 Å². The first-order valence-electron chi connectivity index (χ1n) is 7.63. The van der Waals surface area contributed by atoms with Gasteiger partial charge >= 0.3 is 0 Å². The molecule has 0 spiro atoms. The van der Waals surface area contributed by atoms with Crippen molar-refractivity contribution in [1.29, 1.82) is 0 Å². The third-order valence-electron chi connectivity index (χ3n) is 3.50. The molecule has 2 N–H and O–H groups in total. The Morgan fingerprint density at radius 1 is 1.32 bits per heavy atom. The topological polar surface area (TPSA) is 84.7 Å². The summed E-state index contributed by atoms with van der Waals surface area (Å²) in [4.78, 5) is 16.8. The lowest BCUT2D eigenvalue weighted by molar-refractivity contribution is -0.119. The summed E-state index contributed by atoms with van der Waals surface area (Å²) < 4.78 is 2.67. The number of aromatic nitrogens is 4. The number of amides is 1. The molecule has 1 amide bonds. The second-order valence-electron chi connectivity index (χ2n) is 5.22. The van der Waals surface area contributed by atoms with Crippen LogP contribution in [0.4, 0.5) is 5.13 Å². The average molecular weight is 374 g/mol. The first-order chi connectivity index (χ1) is 12.2. The maximum absolute atomic E-state index is 12.5. The fourth-order valence-corrected chi connectivity index (χ4v) is 3.81. The predicted molar refractivity (Wildman–Crippen MR) is 99.8 cm³/mol. The monoisotopic (exact) mass is 374 g/mol. The van der Waals surface area contributed by atoms with E-state index in [1.807, 2.05) is 48.1 Å². The summed E-state index contributed by atoms with van der Waals surface area (Å²) in [6.07, 6.45) is 3.60. The standard InChI is InChI=1S/C16H18N6OS2/c1-17-15-20-21-16(25-15)24-10-12(23)19-13(11-6-4-3-5-7-11)14-18-8-9-22(14)2/h3-9,13H,10H2,1-2H3,(H,17,20)(H,19,23)/t13-/m0/s1. The van der Waals surface area contributed by atoms with Gasteiger partial charge in [-0.1, -0.05) is 53.4 Å². The van der Waals surface area contributed by atoms with Gasteiger partial charge in [-0.05, 0) is 5.56 Å². The van der Waals surface area contributed by atoms with Crippen LogP contribution < -0.4 is 10.6 Å². The average Bonchev–Trinajstić information content (AvgIpc) is 3.27. The van der Waals surface area contributed by atoms with Crippen LogP contribution in [0.3, 0.4) is 0 Å². The molecule has 9 heteroatoms. The minimum Gasteiger partial charge on any atom is -0.363 e. The molecule has 3 rings (SSSR count). The van der Waals surface area contributed by atoms with E-state index in [9.17, 15) is 4.79 Å². The number of rotatable bonds is 7. The highest BCUT2D eigenvalue weighted by Crippen LogP contribution is 2.25. The molecule has 2 aromatic heterocycles. The number of imidazole rings is 1. The number of anilines is 1. The Morgan fingerprint density at radius 3 is 2.76 bits per heavy atom. The minimum absolute atomic E-state index is 0.0805. The van der Waals surface area contributed by atoms with Gasteiger partial charge in [0, 0.05) is 26.5 Å². The molecular formula is C16H18N6OS2. The van der Waals surface area contributed by atoms with E-state index in [-0.39, 0.29) is 17.7 Å². The summed E-state index contributed by atoms with van der Waals surface area (Å²) in [5, 5.41) is 14.7. The molecule has 2 heterocycles. The molecule has 3 aromatic rings. The van der Waals surface area contributed by atoms with E-state index in [0.717, 1.165) is 20.9 Å². The van der Waals surface area contributed by atoms with E-state index >= 15 is 0 Å².